The molecule has 7 nitrogen and oxygen atoms in total. The number of hydrogen-bond donors (Lipinski definition) is 1. The van der Waals surface area contributed by atoms with Crippen molar-refractivity contribution in [3.05, 3.63) is 80.7 Å². The molecule has 1 amide bonds. The largest absolute Gasteiger partial charge is 0.489 e. The zero-order valence-corrected chi connectivity index (χ0v) is 21.4. The summed E-state index contributed by atoms with van der Waals surface area (Å²) in [7, 11) is 0. The number of amides is 1. The monoisotopic (exact) mass is 518 g/mol. The Morgan fingerprint density at radius 1 is 1.11 bits per heavy atom. The van der Waals surface area contributed by atoms with Crippen LogP contribution in [0.1, 0.15) is 58.6 Å². The van der Waals surface area contributed by atoms with E-state index in [4.69, 9.17) is 37.2 Å². The molecule has 0 bridgehead atoms. The molecule has 0 radical (unpaired) electrons. The molecule has 3 rings (SSSR count). The maximum absolute atomic E-state index is 12.3. The molecule has 1 unspecified atom stereocenters. The van der Waals surface area contributed by atoms with Crippen LogP contribution in [0.4, 0.5) is 0 Å². The van der Waals surface area contributed by atoms with Crippen molar-refractivity contribution in [1.29, 1.82) is 0 Å². The molecule has 0 fully saturated rings. The van der Waals surface area contributed by atoms with Crippen LogP contribution in [0, 0.1) is 13.8 Å². The average molecular weight is 519 g/mol. The summed E-state index contributed by atoms with van der Waals surface area (Å²) in [5, 5.41) is 7.84. The number of nitrogens with one attached hydrogen (secondary N) is 1. The van der Waals surface area contributed by atoms with E-state index >= 15 is 0 Å². The zero-order valence-electron chi connectivity index (χ0n) is 19.9. The molecule has 0 saturated carbocycles. The minimum atomic E-state index is -0.594. The Balaban J connectivity index is 1.47. The topological polar surface area (TPSA) is 90.7 Å². The molecular weight excluding hydrogens is 491 g/mol. The Labute approximate surface area is 214 Å². The molecule has 0 spiro atoms. The molecule has 186 valence electrons. The van der Waals surface area contributed by atoms with Gasteiger partial charge in [-0.1, -0.05) is 47.8 Å². The maximum Gasteiger partial charge on any atom is 0.338 e. The predicted molar refractivity (Wildman–Crippen MR) is 134 cm³/mol. The van der Waals surface area contributed by atoms with Crippen molar-refractivity contribution in [2.45, 2.75) is 46.1 Å². The highest BCUT2D eigenvalue weighted by Crippen LogP contribution is 2.30. The molecular formula is C26H28Cl2N2O5. The lowest BCUT2D eigenvalue weighted by Crippen LogP contribution is -2.32. The van der Waals surface area contributed by atoms with Crippen LogP contribution >= 0.6 is 23.2 Å². The molecule has 0 aliphatic heterocycles. The van der Waals surface area contributed by atoms with Gasteiger partial charge in [0.1, 0.15) is 18.1 Å². The van der Waals surface area contributed by atoms with Gasteiger partial charge >= 0.3 is 5.97 Å². The number of ether oxygens (including phenoxy) is 2. The van der Waals surface area contributed by atoms with Crippen molar-refractivity contribution in [3.63, 3.8) is 0 Å². The molecule has 2 aromatic carbocycles. The lowest BCUT2D eigenvalue weighted by molar-refractivity contribution is -0.124. The highest BCUT2D eigenvalue weighted by atomic mass is 35.5. The van der Waals surface area contributed by atoms with Crippen LogP contribution in [-0.2, 0) is 16.1 Å². The number of nitrogens with zero attached hydrogens (tertiary/aromatic N) is 1. The van der Waals surface area contributed by atoms with Gasteiger partial charge in [0.05, 0.1) is 16.8 Å². The van der Waals surface area contributed by atoms with E-state index in [1.54, 1.807) is 36.4 Å². The Hall–Kier alpha value is -3.03. The number of aromatic nitrogens is 1. The van der Waals surface area contributed by atoms with E-state index < -0.39 is 5.97 Å². The standard InChI is InChI=1S/C26H28Cl2N2O5/c1-4-5-19(22-11-8-20(27)12-24(22)28)13-29-25(31)15-34-26(32)18-6-9-21(10-7-18)33-14-23-16(2)30-35-17(23)3/h6-12,19H,4-5,13-15H2,1-3H3,(H,29,31). The van der Waals surface area contributed by atoms with Crippen molar-refractivity contribution in [2.75, 3.05) is 13.2 Å². The Morgan fingerprint density at radius 3 is 2.49 bits per heavy atom. The van der Waals surface area contributed by atoms with Gasteiger partial charge in [-0.3, -0.25) is 4.79 Å². The quantitative estimate of drug-likeness (QED) is 0.311. The summed E-state index contributed by atoms with van der Waals surface area (Å²) in [6.07, 6.45) is 1.76. The minimum Gasteiger partial charge on any atom is -0.489 e. The Kier molecular flexibility index (Phi) is 9.57. The average Bonchev–Trinajstić information content (AvgIpc) is 3.16. The molecule has 9 heteroatoms. The number of halogens is 2. The number of esters is 1. The molecule has 1 N–H and O–H groups in total. The number of benzene rings is 2. The first-order chi connectivity index (χ1) is 16.8. The predicted octanol–water partition coefficient (Wildman–Crippen LogP) is 6.03. The number of aryl methyl sites for hydroxylation is 2. The summed E-state index contributed by atoms with van der Waals surface area (Å²) in [4.78, 5) is 24.6. The number of rotatable bonds is 11. The Morgan fingerprint density at radius 2 is 1.86 bits per heavy atom. The van der Waals surface area contributed by atoms with Crippen LogP contribution < -0.4 is 10.1 Å². The van der Waals surface area contributed by atoms with Gasteiger partial charge in [0.2, 0.25) is 0 Å². The summed E-state index contributed by atoms with van der Waals surface area (Å²) in [5.41, 5.74) is 2.91. The first-order valence-electron chi connectivity index (χ1n) is 11.3. The van der Waals surface area contributed by atoms with Gasteiger partial charge in [0, 0.05) is 22.5 Å². The van der Waals surface area contributed by atoms with E-state index in [2.05, 4.69) is 17.4 Å². The molecule has 1 atom stereocenters. The van der Waals surface area contributed by atoms with Gasteiger partial charge in [-0.25, -0.2) is 4.79 Å². The van der Waals surface area contributed by atoms with Crippen LogP contribution in [0.2, 0.25) is 10.0 Å². The van der Waals surface area contributed by atoms with E-state index in [0.29, 0.717) is 40.3 Å². The van der Waals surface area contributed by atoms with Crippen LogP contribution in [0.5, 0.6) is 5.75 Å². The Bertz CT molecular complexity index is 1140. The number of hydrogen-bond acceptors (Lipinski definition) is 6. The van der Waals surface area contributed by atoms with E-state index in [0.717, 1.165) is 29.7 Å². The molecule has 0 aliphatic carbocycles. The summed E-state index contributed by atoms with van der Waals surface area (Å²) in [5.74, 6) is 0.343. The van der Waals surface area contributed by atoms with Crippen LogP contribution in [-0.4, -0.2) is 30.2 Å². The zero-order chi connectivity index (χ0) is 25.4. The van der Waals surface area contributed by atoms with Gasteiger partial charge in [0.15, 0.2) is 6.61 Å². The van der Waals surface area contributed by atoms with Crippen LogP contribution in [0.25, 0.3) is 0 Å². The highest BCUT2D eigenvalue weighted by molar-refractivity contribution is 6.35. The van der Waals surface area contributed by atoms with Crippen molar-refractivity contribution < 1.29 is 23.6 Å². The first kappa shape index (κ1) is 26.6. The van der Waals surface area contributed by atoms with E-state index in [1.807, 2.05) is 19.9 Å². The highest BCUT2D eigenvalue weighted by Gasteiger charge is 2.17. The fraction of sp³-hybridized carbons (Fsp3) is 0.346. The van der Waals surface area contributed by atoms with Crippen LogP contribution in [0.15, 0.2) is 47.0 Å². The van der Waals surface area contributed by atoms with Gasteiger partial charge in [-0.2, -0.15) is 0 Å². The van der Waals surface area contributed by atoms with Gasteiger partial charge in [-0.15, -0.1) is 0 Å². The first-order valence-corrected chi connectivity index (χ1v) is 12.1. The summed E-state index contributed by atoms with van der Waals surface area (Å²) in [6, 6.07) is 11.9. The second kappa shape index (κ2) is 12.6. The smallest absolute Gasteiger partial charge is 0.338 e. The summed E-state index contributed by atoms with van der Waals surface area (Å²) < 4.78 is 16.0. The molecule has 3 aromatic rings. The fourth-order valence-electron chi connectivity index (χ4n) is 3.60. The van der Waals surface area contributed by atoms with E-state index in [1.165, 1.54) is 0 Å². The lowest BCUT2D eigenvalue weighted by atomic mass is 9.94. The van der Waals surface area contributed by atoms with Crippen molar-refractivity contribution in [3.8, 4) is 5.75 Å². The van der Waals surface area contributed by atoms with E-state index in [9.17, 15) is 9.59 Å². The minimum absolute atomic E-state index is 0.0300. The lowest BCUT2D eigenvalue weighted by Gasteiger charge is -2.19. The summed E-state index contributed by atoms with van der Waals surface area (Å²) in [6.45, 7) is 6.05. The number of carbonyl (C=O) groups excluding carboxylic acids is 2. The third-order valence-electron chi connectivity index (χ3n) is 5.57. The second-order valence-corrected chi connectivity index (χ2v) is 8.99. The number of carbonyl (C=O) groups is 2. The summed E-state index contributed by atoms with van der Waals surface area (Å²) >= 11 is 12.3. The van der Waals surface area contributed by atoms with Gasteiger partial charge in [-0.05, 0) is 62.2 Å². The van der Waals surface area contributed by atoms with Gasteiger partial charge < -0.3 is 19.3 Å². The fourth-order valence-corrected chi connectivity index (χ4v) is 4.16. The molecule has 0 aliphatic rings. The SMILES string of the molecule is CCCC(CNC(=O)COC(=O)c1ccc(OCc2c(C)noc2C)cc1)c1ccc(Cl)cc1Cl. The van der Waals surface area contributed by atoms with Gasteiger partial charge in [0.25, 0.3) is 5.91 Å². The van der Waals surface area contributed by atoms with Crippen LogP contribution in [0.3, 0.4) is 0 Å². The maximum atomic E-state index is 12.3. The normalized spacial score (nSPS) is 11.7. The second-order valence-electron chi connectivity index (χ2n) is 8.15. The third kappa shape index (κ3) is 7.47. The third-order valence-corrected chi connectivity index (χ3v) is 6.14. The van der Waals surface area contributed by atoms with Crippen molar-refractivity contribution in [1.82, 2.24) is 10.5 Å². The molecule has 1 heterocycles. The van der Waals surface area contributed by atoms with Crippen molar-refractivity contribution in [2.24, 2.45) is 0 Å². The molecule has 35 heavy (non-hydrogen) atoms. The molecule has 0 saturated heterocycles. The molecule has 1 aromatic heterocycles. The van der Waals surface area contributed by atoms with E-state index in [-0.39, 0.29) is 18.4 Å². The van der Waals surface area contributed by atoms with Crippen molar-refractivity contribution >= 4 is 35.1 Å².